The Labute approximate surface area is 100 Å². The fourth-order valence-corrected chi connectivity index (χ4v) is 1.25. The first-order valence-electron chi connectivity index (χ1n) is 5.36. The van der Waals surface area contributed by atoms with Crippen molar-refractivity contribution < 1.29 is 13.9 Å². The molecule has 4 nitrogen and oxygen atoms in total. The van der Waals surface area contributed by atoms with Crippen molar-refractivity contribution >= 4 is 5.91 Å². The van der Waals surface area contributed by atoms with E-state index in [-0.39, 0.29) is 18.3 Å². The van der Waals surface area contributed by atoms with Crippen molar-refractivity contribution in [2.75, 3.05) is 27.2 Å². The van der Waals surface area contributed by atoms with Crippen molar-refractivity contribution in [3.8, 4) is 5.75 Å². The molecular weight excluding hydrogens is 223 g/mol. The molecule has 0 radical (unpaired) electrons. The van der Waals surface area contributed by atoms with E-state index >= 15 is 0 Å². The Bertz CT molecular complexity index is 394. The molecule has 0 aliphatic carbocycles. The molecule has 1 aromatic carbocycles. The lowest BCUT2D eigenvalue weighted by Crippen LogP contribution is -2.27. The van der Waals surface area contributed by atoms with Gasteiger partial charge in [-0.2, -0.15) is 0 Å². The van der Waals surface area contributed by atoms with Crippen LogP contribution in [0.3, 0.4) is 0 Å². The number of nitrogens with two attached hydrogens (primary N) is 1. The normalized spacial score (nSPS) is 10.1. The maximum absolute atomic E-state index is 13.5. The molecule has 0 saturated carbocycles. The molecule has 0 aliphatic heterocycles. The minimum absolute atomic E-state index is 0.0842. The summed E-state index contributed by atoms with van der Waals surface area (Å²) in [6.07, 6.45) is 0.619. The van der Waals surface area contributed by atoms with Gasteiger partial charge in [0.2, 0.25) is 0 Å². The van der Waals surface area contributed by atoms with Crippen LogP contribution in [0, 0.1) is 5.82 Å². The lowest BCUT2D eigenvalue weighted by Gasteiger charge is -2.12. The van der Waals surface area contributed by atoms with Crippen molar-refractivity contribution in [2.45, 2.75) is 6.42 Å². The highest BCUT2D eigenvalue weighted by molar-refractivity contribution is 5.77. The molecule has 17 heavy (non-hydrogen) atoms. The van der Waals surface area contributed by atoms with Gasteiger partial charge in [-0.05, 0) is 30.7 Å². The molecular formula is C12H17FN2O2. The van der Waals surface area contributed by atoms with Gasteiger partial charge in [0.1, 0.15) is 0 Å². The van der Waals surface area contributed by atoms with Gasteiger partial charge in [0.15, 0.2) is 18.2 Å². The number of amides is 1. The van der Waals surface area contributed by atoms with Crippen LogP contribution in [0.5, 0.6) is 5.75 Å². The van der Waals surface area contributed by atoms with E-state index < -0.39 is 5.82 Å². The fourth-order valence-electron chi connectivity index (χ4n) is 1.25. The molecule has 5 heteroatoms. The number of halogens is 1. The van der Waals surface area contributed by atoms with Crippen molar-refractivity contribution in [3.63, 3.8) is 0 Å². The molecule has 1 rings (SSSR count). The number of benzene rings is 1. The summed E-state index contributed by atoms with van der Waals surface area (Å²) in [4.78, 5) is 12.6. The van der Waals surface area contributed by atoms with Crippen LogP contribution in [0.1, 0.15) is 5.56 Å². The number of rotatable bonds is 5. The fraction of sp³-hybridized carbons (Fsp3) is 0.417. The number of ether oxygens (including phenoxy) is 1. The molecule has 0 unspecified atom stereocenters. The standard InChI is InChI=1S/C12H17FN2O2/c1-15(2)12(16)8-17-11-4-3-9(5-6-14)7-10(11)13/h3-4,7H,5-6,8,14H2,1-2H3. The minimum Gasteiger partial charge on any atom is -0.481 e. The van der Waals surface area contributed by atoms with Gasteiger partial charge in [0.05, 0.1) is 0 Å². The molecule has 0 spiro atoms. The minimum atomic E-state index is -0.470. The Kier molecular flexibility index (Phi) is 4.90. The quantitative estimate of drug-likeness (QED) is 0.828. The second kappa shape index (κ2) is 6.20. The molecule has 2 N–H and O–H groups in total. The third-order valence-corrected chi connectivity index (χ3v) is 2.28. The second-order valence-electron chi connectivity index (χ2n) is 3.88. The smallest absolute Gasteiger partial charge is 0.259 e. The molecule has 1 aromatic rings. The molecule has 0 fully saturated rings. The number of nitrogens with zero attached hydrogens (tertiary/aromatic N) is 1. The van der Waals surface area contributed by atoms with Crippen LogP contribution in [0.4, 0.5) is 4.39 Å². The summed E-state index contributed by atoms with van der Waals surface area (Å²) in [5, 5.41) is 0. The van der Waals surface area contributed by atoms with Crippen LogP contribution in [0.15, 0.2) is 18.2 Å². The summed E-state index contributed by atoms with van der Waals surface area (Å²) < 4.78 is 18.6. The zero-order chi connectivity index (χ0) is 12.8. The van der Waals surface area contributed by atoms with E-state index in [0.29, 0.717) is 13.0 Å². The molecule has 94 valence electrons. The zero-order valence-corrected chi connectivity index (χ0v) is 10.1. The average molecular weight is 240 g/mol. The summed E-state index contributed by atoms with van der Waals surface area (Å²) in [6.45, 7) is 0.304. The highest BCUT2D eigenvalue weighted by atomic mass is 19.1. The summed E-state index contributed by atoms with van der Waals surface area (Å²) in [5.74, 6) is -0.598. The Morgan fingerprint density at radius 2 is 2.18 bits per heavy atom. The third-order valence-electron chi connectivity index (χ3n) is 2.28. The second-order valence-corrected chi connectivity index (χ2v) is 3.88. The Hall–Kier alpha value is -1.62. The first-order valence-corrected chi connectivity index (χ1v) is 5.36. The van der Waals surface area contributed by atoms with Gasteiger partial charge in [-0.3, -0.25) is 4.79 Å². The van der Waals surface area contributed by atoms with Crippen LogP contribution in [0.25, 0.3) is 0 Å². The lowest BCUT2D eigenvalue weighted by molar-refractivity contribution is -0.130. The van der Waals surface area contributed by atoms with Gasteiger partial charge in [0.25, 0.3) is 5.91 Å². The van der Waals surface area contributed by atoms with E-state index in [0.717, 1.165) is 5.56 Å². The predicted molar refractivity (Wildman–Crippen MR) is 63.3 cm³/mol. The summed E-state index contributed by atoms with van der Waals surface area (Å²) in [7, 11) is 3.23. The van der Waals surface area contributed by atoms with Crippen molar-refractivity contribution in [1.82, 2.24) is 4.90 Å². The van der Waals surface area contributed by atoms with Crippen LogP contribution in [-0.2, 0) is 11.2 Å². The van der Waals surface area contributed by atoms with E-state index in [1.54, 1.807) is 20.2 Å². The molecule has 0 atom stereocenters. The Morgan fingerprint density at radius 1 is 1.47 bits per heavy atom. The van der Waals surface area contributed by atoms with Crippen molar-refractivity contribution in [3.05, 3.63) is 29.6 Å². The third kappa shape index (κ3) is 4.03. The first kappa shape index (κ1) is 13.4. The number of hydrogen-bond donors (Lipinski definition) is 1. The maximum Gasteiger partial charge on any atom is 0.259 e. The SMILES string of the molecule is CN(C)C(=O)COc1ccc(CCN)cc1F. The molecule has 0 saturated heterocycles. The summed E-state index contributed by atoms with van der Waals surface area (Å²) in [6, 6.07) is 4.64. The van der Waals surface area contributed by atoms with Crippen LogP contribution >= 0.6 is 0 Å². The molecule has 0 heterocycles. The summed E-state index contributed by atoms with van der Waals surface area (Å²) >= 11 is 0. The average Bonchev–Trinajstić information content (AvgIpc) is 2.27. The number of likely N-dealkylation sites (N-methyl/N-ethyl adjacent to an activating group) is 1. The van der Waals surface area contributed by atoms with E-state index in [1.165, 1.54) is 17.0 Å². The lowest BCUT2D eigenvalue weighted by atomic mass is 10.1. The molecule has 0 aliphatic rings. The van der Waals surface area contributed by atoms with E-state index in [1.807, 2.05) is 0 Å². The van der Waals surface area contributed by atoms with Crippen LogP contribution in [0.2, 0.25) is 0 Å². The summed E-state index contributed by atoms with van der Waals surface area (Å²) in [5.41, 5.74) is 6.19. The van der Waals surface area contributed by atoms with Crippen molar-refractivity contribution in [1.29, 1.82) is 0 Å². The monoisotopic (exact) mass is 240 g/mol. The predicted octanol–water partition coefficient (Wildman–Crippen LogP) is 0.794. The molecule has 0 aromatic heterocycles. The van der Waals surface area contributed by atoms with E-state index in [2.05, 4.69) is 0 Å². The Balaban J connectivity index is 2.63. The van der Waals surface area contributed by atoms with Crippen molar-refractivity contribution in [2.24, 2.45) is 5.73 Å². The van der Waals surface area contributed by atoms with Gasteiger partial charge in [-0.1, -0.05) is 6.07 Å². The van der Waals surface area contributed by atoms with Gasteiger partial charge < -0.3 is 15.4 Å². The number of carbonyl (C=O) groups excluding carboxylic acids is 1. The van der Waals surface area contributed by atoms with Gasteiger partial charge in [-0.25, -0.2) is 4.39 Å². The van der Waals surface area contributed by atoms with Crippen LogP contribution < -0.4 is 10.5 Å². The highest BCUT2D eigenvalue weighted by Crippen LogP contribution is 2.18. The largest absolute Gasteiger partial charge is 0.481 e. The van der Waals surface area contributed by atoms with Gasteiger partial charge in [-0.15, -0.1) is 0 Å². The first-order chi connectivity index (χ1) is 8.04. The van der Waals surface area contributed by atoms with Gasteiger partial charge in [0, 0.05) is 14.1 Å². The van der Waals surface area contributed by atoms with Gasteiger partial charge >= 0.3 is 0 Å². The molecule has 0 bridgehead atoms. The van der Waals surface area contributed by atoms with Crippen LogP contribution in [-0.4, -0.2) is 38.1 Å². The zero-order valence-electron chi connectivity index (χ0n) is 10.1. The Morgan fingerprint density at radius 3 is 2.71 bits per heavy atom. The topological polar surface area (TPSA) is 55.6 Å². The van der Waals surface area contributed by atoms with E-state index in [4.69, 9.17) is 10.5 Å². The highest BCUT2D eigenvalue weighted by Gasteiger charge is 2.08. The molecule has 1 amide bonds. The maximum atomic E-state index is 13.5. The van der Waals surface area contributed by atoms with E-state index in [9.17, 15) is 9.18 Å². The number of hydrogen-bond acceptors (Lipinski definition) is 3. The number of carbonyl (C=O) groups is 1.